The summed E-state index contributed by atoms with van der Waals surface area (Å²) in [6.07, 6.45) is 0. The van der Waals surface area contributed by atoms with Gasteiger partial charge in [0.15, 0.2) is 11.5 Å². The monoisotopic (exact) mass is 264 g/mol. The van der Waals surface area contributed by atoms with Gasteiger partial charge in [-0.15, -0.1) is 0 Å². The molecular formula is C15H24N2O2. The van der Waals surface area contributed by atoms with Crippen molar-refractivity contribution >= 4 is 0 Å². The molecule has 4 heteroatoms. The van der Waals surface area contributed by atoms with Gasteiger partial charge in [0.25, 0.3) is 0 Å². The van der Waals surface area contributed by atoms with Crippen LogP contribution in [0.25, 0.3) is 0 Å². The Morgan fingerprint density at radius 2 is 1.95 bits per heavy atom. The van der Waals surface area contributed by atoms with Crippen molar-refractivity contribution in [2.45, 2.75) is 26.4 Å². The van der Waals surface area contributed by atoms with Crippen molar-refractivity contribution in [3.63, 3.8) is 0 Å². The molecule has 1 heterocycles. The second kappa shape index (κ2) is 6.26. The van der Waals surface area contributed by atoms with Crippen molar-refractivity contribution in [3.8, 4) is 11.5 Å². The van der Waals surface area contributed by atoms with Gasteiger partial charge in [0.1, 0.15) is 0 Å². The lowest BCUT2D eigenvalue weighted by atomic mass is 10.1. The van der Waals surface area contributed by atoms with Crippen LogP contribution in [0.5, 0.6) is 11.5 Å². The maximum atomic E-state index is 5.39. The topological polar surface area (TPSA) is 33.7 Å². The summed E-state index contributed by atoms with van der Waals surface area (Å²) in [6, 6.07) is 4.73. The summed E-state index contributed by atoms with van der Waals surface area (Å²) < 4.78 is 10.7. The molecule has 0 radical (unpaired) electrons. The van der Waals surface area contributed by atoms with E-state index in [1.54, 1.807) is 14.2 Å². The molecule has 1 aliphatic rings. The molecule has 0 saturated carbocycles. The maximum Gasteiger partial charge on any atom is 0.161 e. The van der Waals surface area contributed by atoms with Crippen molar-refractivity contribution in [2.24, 2.45) is 0 Å². The molecular weight excluding hydrogens is 240 g/mol. The summed E-state index contributed by atoms with van der Waals surface area (Å²) in [7, 11) is 3.36. The molecule has 0 unspecified atom stereocenters. The van der Waals surface area contributed by atoms with E-state index >= 15 is 0 Å². The number of benzene rings is 1. The molecule has 0 bridgehead atoms. The van der Waals surface area contributed by atoms with Crippen LogP contribution in [0.2, 0.25) is 0 Å². The van der Waals surface area contributed by atoms with E-state index < -0.39 is 0 Å². The summed E-state index contributed by atoms with van der Waals surface area (Å²) >= 11 is 0. The quantitative estimate of drug-likeness (QED) is 0.899. The summed E-state index contributed by atoms with van der Waals surface area (Å²) in [5.41, 5.74) is 2.56. The predicted molar refractivity (Wildman–Crippen MR) is 77.0 cm³/mol. The van der Waals surface area contributed by atoms with Crippen molar-refractivity contribution in [3.05, 3.63) is 23.3 Å². The van der Waals surface area contributed by atoms with E-state index in [0.29, 0.717) is 6.04 Å². The molecule has 2 rings (SSSR count). The van der Waals surface area contributed by atoms with Gasteiger partial charge in [-0.1, -0.05) is 0 Å². The van der Waals surface area contributed by atoms with Crippen molar-refractivity contribution < 1.29 is 9.47 Å². The van der Waals surface area contributed by atoms with Crippen molar-refractivity contribution in [1.29, 1.82) is 0 Å². The minimum Gasteiger partial charge on any atom is -0.493 e. The predicted octanol–water partition coefficient (Wildman–Crippen LogP) is 1.81. The molecule has 4 nitrogen and oxygen atoms in total. The van der Waals surface area contributed by atoms with Gasteiger partial charge in [0, 0.05) is 32.2 Å². The number of rotatable bonds is 4. The zero-order chi connectivity index (χ0) is 13.8. The van der Waals surface area contributed by atoms with E-state index in [1.807, 2.05) is 0 Å². The van der Waals surface area contributed by atoms with Crippen LogP contribution in [0, 0.1) is 6.92 Å². The molecule has 0 amide bonds. The highest BCUT2D eigenvalue weighted by Crippen LogP contribution is 2.31. The molecule has 0 aromatic heterocycles. The largest absolute Gasteiger partial charge is 0.493 e. The fourth-order valence-electron chi connectivity index (χ4n) is 2.53. The van der Waals surface area contributed by atoms with Gasteiger partial charge in [-0.3, -0.25) is 4.90 Å². The third kappa shape index (κ3) is 3.19. The Balaban J connectivity index is 2.19. The number of nitrogens with zero attached hydrogens (tertiary/aromatic N) is 1. The Labute approximate surface area is 115 Å². The first-order valence-corrected chi connectivity index (χ1v) is 6.82. The molecule has 1 aliphatic heterocycles. The molecule has 1 saturated heterocycles. The van der Waals surface area contributed by atoms with Crippen LogP contribution in [0.15, 0.2) is 12.1 Å². The lowest BCUT2D eigenvalue weighted by Crippen LogP contribution is -2.49. The Hall–Kier alpha value is -1.26. The molecule has 106 valence electrons. The number of ether oxygens (including phenoxy) is 2. The fourth-order valence-corrected chi connectivity index (χ4v) is 2.53. The molecule has 1 aromatic rings. The first-order chi connectivity index (χ1) is 9.15. The molecule has 1 fully saturated rings. The van der Waals surface area contributed by atoms with Gasteiger partial charge < -0.3 is 14.8 Å². The van der Waals surface area contributed by atoms with E-state index in [0.717, 1.165) is 37.7 Å². The van der Waals surface area contributed by atoms with Crippen LogP contribution >= 0.6 is 0 Å². The fraction of sp³-hybridized carbons (Fsp3) is 0.600. The summed E-state index contributed by atoms with van der Waals surface area (Å²) in [6.45, 7) is 8.58. The van der Waals surface area contributed by atoms with Crippen LogP contribution in [0.4, 0.5) is 0 Å². The third-order valence-electron chi connectivity index (χ3n) is 3.85. The Morgan fingerprint density at radius 3 is 2.58 bits per heavy atom. The van der Waals surface area contributed by atoms with Gasteiger partial charge >= 0.3 is 0 Å². The first-order valence-electron chi connectivity index (χ1n) is 6.82. The van der Waals surface area contributed by atoms with Crippen LogP contribution < -0.4 is 14.8 Å². The number of nitrogens with one attached hydrogen (secondary N) is 1. The van der Waals surface area contributed by atoms with E-state index in [-0.39, 0.29) is 0 Å². The SMILES string of the molecule is COc1cc(C)c(CN2CCNC[C@H]2C)cc1OC. The van der Waals surface area contributed by atoms with E-state index in [4.69, 9.17) is 9.47 Å². The molecule has 19 heavy (non-hydrogen) atoms. The van der Waals surface area contributed by atoms with E-state index in [9.17, 15) is 0 Å². The molecule has 0 aliphatic carbocycles. The summed E-state index contributed by atoms with van der Waals surface area (Å²) in [5, 5.41) is 3.42. The molecule has 0 spiro atoms. The lowest BCUT2D eigenvalue weighted by molar-refractivity contribution is 0.165. The highest BCUT2D eigenvalue weighted by atomic mass is 16.5. The van der Waals surface area contributed by atoms with Crippen LogP contribution in [0.3, 0.4) is 0 Å². The van der Waals surface area contributed by atoms with Crippen molar-refractivity contribution in [2.75, 3.05) is 33.9 Å². The second-order valence-corrected chi connectivity index (χ2v) is 5.16. The van der Waals surface area contributed by atoms with E-state index in [2.05, 4.69) is 36.2 Å². The molecule has 1 aromatic carbocycles. The van der Waals surface area contributed by atoms with Gasteiger partial charge in [-0.2, -0.15) is 0 Å². The standard InChI is InChI=1S/C15H24N2O2/c1-11-7-14(18-3)15(19-4)8-13(11)10-17-6-5-16-9-12(17)2/h7-8,12,16H,5-6,9-10H2,1-4H3/t12-/m1/s1. The number of methoxy groups -OCH3 is 2. The maximum absolute atomic E-state index is 5.39. The van der Waals surface area contributed by atoms with Gasteiger partial charge in [0.2, 0.25) is 0 Å². The number of piperazine rings is 1. The Bertz CT molecular complexity index is 434. The minimum absolute atomic E-state index is 0.571. The summed E-state index contributed by atoms with van der Waals surface area (Å²) in [4.78, 5) is 2.50. The normalized spacial score (nSPS) is 20.3. The second-order valence-electron chi connectivity index (χ2n) is 5.16. The number of aryl methyl sites for hydroxylation is 1. The van der Waals surface area contributed by atoms with Crippen LogP contribution in [-0.2, 0) is 6.54 Å². The summed E-state index contributed by atoms with van der Waals surface area (Å²) in [5.74, 6) is 1.61. The van der Waals surface area contributed by atoms with E-state index in [1.165, 1.54) is 11.1 Å². The van der Waals surface area contributed by atoms with Crippen LogP contribution in [0.1, 0.15) is 18.1 Å². The smallest absolute Gasteiger partial charge is 0.161 e. The average Bonchev–Trinajstić information content (AvgIpc) is 2.42. The van der Waals surface area contributed by atoms with Crippen LogP contribution in [-0.4, -0.2) is 44.8 Å². The Morgan fingerprint density at radius 1 is 1.26 bits per heavy atom. The molecule has 1 atom stereocenters. The minimum atomic E-state index is 0.571. The van der Waals surface area contributed by atoms with Gasteiger partial charge in [0.05, 0.1) is 14.2 Å². The van der Waals surface area contributed by atoms with Crippen molar-refractivity contribution in [1.82, 2.24) is 10.2 Å². The lowest BCUT2D eigenvalue weighted by Gasteiger charge is -2.34. The number of hydrogen-bond donors (Lipinski definition) is 1. The Kier molecular flexibility index (Phi) is 4.66. The third-order valence-corrected chi connectivity index (χ3v) is 3.85. The number of hydrogen-bond acceptors (Lipinski definition) is 4. The highest BCUT2D eigenvalue weighted by Gasteiger charge is 2.19. The zero-order valence-corrected chi connectivity index (χ0v) is 12.3. The first kappa shape index (κ1) is 14.2. The average molecular weight is 264 g/mol. The van der Waals surface area contributed by atoms with Gasteiger partial charge in [-0.05, 0) is 37.1 Å². The zero-order valence-electron chi connectivity index (χ0n) is 12.3. The van der Waals surface area contributed by atoms with Gasteiger partial charge in [-0.25, -0.2) is 0 Å². The highest BCUT2D eigenvalue weighted by molar-refractivity contribution is 5.47. The molecule has 1 N–H and O–H groups in total.